The second-order valence-corrected chi connectivity index (χ2v) is 6.70. The molecule has 0 unspecified atom stereocenters. The lowest BCUT2D eigenvalue weighted by molar-refractivity contribution is 0.404. The van der Waals surface area contributed by atoms with Crippen molar-refractivity contribution in [3.05, 3.63) is 28.6 Å². The highest BCUT2D eigenvalue weighted by Crippen LogP contribution is 2.29. The summed E-state index contributed by atoms with van der Waals surface area (Å²) >= 11 is 0. The van der Waals surface area contributed by atoms with Gasteiger partial charge in [-0.1, -0.05) is 0 Å². The van der Waals surface area contributed by atoms with Gasteiger partial charge in [-0.3, -0.25) is 0 Å². The van der Waals surface area contributed by atoms with Gasteiger partial charge in [0.05, 0.1) is 12.9 Å². The summed E-state index contributed by atoms with van der Waals surface area (Å²) in [5.41, 5.74) is 1.58. The molecule has 0 amide bonds. The standard InChI is InChI=1S/C11H14ClFO3S/c1-7-6-10(13)8(2)9(11(7)16-3)4-5-17(12,14)15/h6H,4-5H2,1-3H3. The van der Waals surface area contributed by atoms with E-state index < -0.39 is 9.05 Å². The van der Waals surface area contributed by atoms with Gasteiger partial charge in [-0.25, -0.2) is 12.8 Å². The Labute approximate surface area is 105 Å². The van der Waals surface area contributed by atoms with Gasteiger partial charge in [-0.2, -0.15) is 0 Å². The predicted molar refractivity (Wildman–Crippen MR) is 65.8 cm³/mol. The first-order valence-corrected chi connectivity index (χ1v) is 7.49. The molecular weight excluding hydrogens is 267 g/mol. The molecule has 0 bridgehead atoms. The maximum absolute atomic E-state index is 13.5. The summed E-state index contributed by atoms with van der Waals surface area (Å²) in [6.07, 6.45) is 0.138. The molecule has 0 heterocycles. The molecule has 0 atom stereocenters. The minimum absolute atomic E-state index is 0.138. The van der Waals surface area contributed by atoms with E-state index in [2.05, 4.69) is 0 Å². The summed E-state index contributed by atoms with van der Waals surface area (Å²) in [7, 11) is 3.02. The molecular formula is C11H14ClFO3S. The monoisotopic (exact) mass is 280 g/mol. The number of methoxy groups -OCH3 is 1. The molecule has 0 saturated heterocycles. The van der Waals surface area contributed by atoms with Crippen LogP contribution in [0.1, 0.15) is 16.7 Å². The van der Waals surface area contributed by atoms with Crippen molar-refractivity contribution in [2.45, 2.75) is 20.3 Å². The summed E-state index contributed by atoms with van der Waals surface area (Å²) in [5, 5.41) is 0. The molecule has 0 saturated carbocycles. The van der Waals surface area contributed by atoms with Crippen molar-refractivity contribution in [3.63, 3.8) is 0 Å². The first-order valence-electron chi connectivity index (χ1n) is 5.01. The van der Waals surface area contributed by atoms with Crippen molar-refractivity contribution >= 4 is 19.7 Å². The Balaban J connectivity index is 3.20. The molecule has 0 spiro atoms. The van der Waals surface area contributed by atoms with Crippen LogP contribution in [0.15, 0.2) is 6.07 Å². The van der Waals surface area contributed by atoms with Crippen LogP contribution >= 0.6 is 10.7 Å². The molecule has 3 nitrogen and oxygen atoms in total. The molecule has 17 heavy (non-hydrogen) atoms. The van der Waals surface area contributed by atoms with Gasteiger partial charge in [0.25, 0.3) is 0 Å². The fourth-order valence-electron chi connectivity index (χ4n) is 1.73. The van der Waals surface area contributed by atoms with Gasteiger partial charge < -0.3 is 4.74 Å². The van der Waals surface area contributed by atoms with Gasteiger partial charge >= 0.3 is 0 Å². The smallest absolute Gasteiger partial charge is 0.232 e. The molecule has 1 aromatic rings. The summed E-state index contributed by atoms with van der Waals surface area (Å²) in [6, 6.07) is 1.37. The van der Waals surface area contributed by atoms with Crippen molar-refractivity contribution in [2.24, 2.45) is 0 Å². The summed E-state index contributed by atoms with van der Waals surface area (Å²) in [6.45, 7) is 3.30. The highest BCUT2D eigenvalue weighted by atomic mass is 35.7. The quantitative estimate of drug-likeness (QED) is 0.796. The van der Waals surface area contributed by atoms with Crippen LogP contribution in [0.3, 0.4) is 0 Å². The van der Waals surface area contributed by atoms with Gasteiger partial charge in [-0.15, -0.1) is 0 Å². The van der Waals surface area contributed by atoms with E-state index in [1.165, 1.54) is 13.2 Å². The average molecular weight is 281 g/mol. The lowest BCUT2D eigenvalue weighted by atomic mass is 10.0. The molecule has 1 aromatic carbocycles. The van der Waals surface area contributed by atoms with Crippen LogP contribution in [0.2, 0.25) is 0 Å². The molecule has 0 aliphatic carbocycles. The van der Waals surface area contributed by atoms with Gasteiger partial charge in [0.15, 0.2) is 0 Å². The van der Waals surface area contributed by atoms with Crippen molar-refractivity contribution in [1.82, 2.24) is 0 Å². The largest absolute Gasteiger partial charge is 0.496 e. The number of benzene rings is 1. The van der Waals surface area contributed by atoms with Gasteiger partial charge in [0.2, 0.25) is 9.05 Å². The third-order valence-electron chi connectivity index (χ3n) is 2.59. The van der Waals surface area contributed by atoms with Crippen molar-refractivity contribution in [2.75, 3.05) is 12.9 Å². The summed E-state index contributed by atoms with van der Waals surface area (Å²) in [5.74, 6) is -0.0937. The number of ether oxygens (including phenoxy) is 1. The lowest BCUT2D eigenvalue weighted by Crippen LogP contribution is -2.07. The first-order chi connectivity index (χ1) is 7.76. The maximum atomic E-state index is 13.5. The van der Waals surface area contributed by atoms with Crippen LogP contribution in [0.5, 0.6) is 5.75 Å². The van der Waals surface area contributed by atoms with Crippen molar-refractivity contribution in [3.8, 4) is 5.75 Å². The first kappa shape index (κ1) is 14.3. The van der Waals surface area contributed by atoms with Crippen LogP contribution in [0.4, 0.5) is 4.39 Å². The lowest BCUT2D eigenvalue weighted by Gasteiger charge is -2.14. The van der Waals surface area contributed by atoms with Crippen LogP contribution in [-0.4, -0.2) is 21.3 Å². The van der Waals surface area contributed by atoms with Gasteiger partial charge in [-0.05, 0) is 37.5 Å². The van der Waals surface area contributed by atoms with E-state index >= 15 is 0 Å². The van der Waals surface area contributed by atoms with Crippen molar-refractivity contribution < 1.29 is 17.5 Å². The highest BCUT2D eigenvalue weighted by molar-refractivity contribution is 8.13. The fraction of sp³-hybridized carbons (Fsp3) is 0.455. The van der Waals surface area contributed by atoms with Gasteiger partial charge in [0.1, 0.15) is 11.6 Å². The van der Waals surface area contributed by atoms with Crippen LogP contribution < -0.4 is 4.74 Å². The van der Waals surface area contributed by atoms with E-state index in [4.69, 9.17) is 15.4 Å². The summed E-state index contributed by atoms with van der Waals surface area (Å²) < 4.78 is 40.5. The summed E-state index contributed by atoms with van der Waals surface area (Å²) in [4.78, 5) is 0. The number of hydrogen-bond donors (Lipinski definition) is 0. The minimum Gasteiger partial charge on any atom is -0.496 e. The normalized spacial score (nSPS) is 11.6. The highest BCUT2D eigenvalue weighted by Gasteiger charge is 2.16. The second kappa shape index (κ2) is 5.23. The molecule has 0 N–H and O–H groups in total. The third-order valence-corrected chi connectivity index (χ3v) is 3.74. The Hall–Kier alpha value is -0.810. The molecule has 6 heteroatoms. The molecule has 0 aromatic heterocycles. The maximum Gasteiger partial charge on any atom is 0.232 e. The molecule has 96 valence electrons. The number of rotatable bonds is 4. The average Bonchev–Trinajstić information content (AvgIpc) is 2.19. The Kier molecular flexibility index (Phi) is 4.38. The van der Waals surface area contributed by atoms with Crippen LogP contribution in [-0.2, 0) is 15.5 Å². The Morgan fingerprint density at radius 2 is 2.00 bits per heavy atom. The molecule has 1 rings (SSSR count). The minimum atomic E-state index is -3.60. The topological polar surface area (TPSA) is 43.4 Å². The zero-order chi connectivity index (χ0) is 13.2. The van der Waals surface area contributed by atoms with E-state index in [0.29, 0.717) is 22.4 Å². The zero-order valence-electron chi connectivity index (χ0n) is 9.88. The molecule has 0 aliphatic heterocycles. The fourth-order valence-corrected chi connectivity index (χ4v) is 2.40. The predicted octanol–water partition coefficient (Wildman–Crippen LogP) is 2.56. The van der Waals surface area contributed by atoms with Crippen molar-refractivity contribution in [1.29, 1.82) is 0 Å². The number of halogens is 2. The zero-order valence-corrected chi connectivity index (χ0v) is 11.5. The van der Waals surface area contributed by atoms with E-state index in [1.54, 1.807) is 13.8 Å². The second-order valence-electron chi connectivity index (χ2n) is 3.81. The molecule has 0 aliphatic rings. The SMILES string of the molecule is COc1c(C)cc(F)c(C)c1CCS(=O)(=O)Cl. The van der Waals surface area contributed by atoms with Crippen LogP contribution in [0, 0.1) is 19.7 Å². The Bertz CT molecular complexity index is 526. The van der Waals surface area contributed by atoms with E-state index in [-0.39, 0.29) is 18.0 Å². The van der Waals surface area contributed by atoms with Crippen LogP contribution in [0.25, 0.3) is 0 Å². The van der Waals surface area contributed by atoms with E-state index in [1.807, 2.05) is 0 Å². The van der Waals surface area contributed by atoms with E-state index in [0.717, 1.165) is 0 Å². The Morgan fingerprint density at radius 3 is 2.47 bits per heavy atom. The Morgan fingerprint density at radius 1 is 1.41 bits per heavy atom. The molecule has 0 radical (unpaired) electrons. The number of aryl methyl sites for hydroxylation is 1. The van der Waals surface area contributed by atoms with Gasteiger partial charge in [0, 0.05) is 16.2 Å². The third kappa shape index (κ3) is 3.57. The number of hydrogen-bond acceptors (Lipinski definition) is 3. The van der Waals surface area contributed by atoms with E-state index in [9.17, 15) is 12.8 Å². The molecule has 0 fully saturated rings.